The zero-order chi connectivity index (χ0) is 13.6. The molecule has 0 spiro atoms. The molecule has 0 saturated carbocycles. The van der Waals surface area contributed by atoms with Crippen LogP contribution in [0, 0.1) is 0 Å². The van der Waals surface area contributed by atoms with E-state index in [9.17, 15) is 9.59 Å². The van der Waals surface area contributed by atoms with Gasteiger partial charge in [-0.3, -0.25) is 15.0 Å². The number of para-hydroxylation sites is 2. The summed E-state index contributed by atoms with van der Waals surface area (Å²) in [5.74, 6) is -0.0943. The molecule has 0 unspecified atom stereocenters. The molecule has 0 bridgehead atoms. The molecule has 1 N–H and O–H groups in total. The number of likely N-dealkylation sites (N-methyl/N-ethyl adjacent to an activating group) is 1. The molecule has 7 heteroatoms. The van der Waals surface area contributed by atoms with E-state index >= 15 is 0 Å². The number of aromatic nitrogens is 2. The Kier molecular flexibility index (Phi) is 2.34. The van der Waals surface area contributed by atoms with Crippen LogP contribution in [0.4, 0.5) is 10.7 Å². The number of hydrogen-bond donors (Lipinski definition) is 1. The summed E-state index contributed by atoms with van der Waals surface area (Å²) in [7, 11) is 3.20. The number of imide groups is 1. The first-order valence-electron chi connectivity index (χ1n) is 5.67. The number of nitrogens with zero attached hydrogens (tertiary/aromatic N) is 4. The number of aryl methyl sites for hydroxylation is 1. The normalized spacial score (nSPS) is 17.6. The van der Waals surface area contributed by atoms with Crippen molar-refractivity contribution in [2.75, 3.05) is 7.05 Å². The Balaban J connectivity index is 2.09. The van der Waals surface area contributed by atoms with Gasteiger partial charge in [-0.15, -0.1) is 0 Å². The van der Waals surface area contributed by atoms with Crippen LogP contribution in [0.1, 0.15) is 0 Å². The number of aliphatic imine (C=N–C) groups is 1. The number of rotatable bonds is 1. The molecule has 1 fully saturated rings. The minimum atomic E-state index is -0.484. The van der Waals surface area contributed by atoms with E-state index in [1.165, 1.54) is 7.05 Å². The van der Waals surface area contributed by atoms with Gasteiger partial charge in [0.05, 0.1) is 11.0 Å². The molecule has 7 nitrogen and oxygen atoms in total. The predicted molar refractivity (Wildman–Crippen MR) is 69.1 cm³/mol. The molecule has 3 amide bonds. The van der Waals surface area contributed by atoms with E-state index in [1.807, 2.05) is 24.3 Å². The zero-order valence-electron chi connectivity index (χ0n) is 10.4. The molecule has 2 heterocycles. The summed E-state index contributed by atoms with van der Waals surface area (Å²) in [6, 6.07) is 7.06. The molecule has 0 aliphatic carbocycles. The van der Waals surface area contributed by atoms with Crippen molar-refractivity contribution >= 4 is 34.8 Å². The largest absolute Gasteiger partial charge is 0.329 e. The lowest BCUT2D eigenvalue weighted by atomic mass is 10.3. The zero-order valence-corrected chi connectivity index (χ0v) is 10.4. The number of urea groups is 1. The number of amides is 3. The molecule has 19 heavy (non-hydrogen) atoms. The number of amidine groups is 1. The minimum absolute atomic E-state index is 0.00842. The molecule has 1 aromatic heterocycles. The van der Waals surface area contributed by atoms with E-state index in [0.29, 0.717) is 5.95 Å². The van der Waals surface area contributed by atoms with Gasteiger partial charge in [0.1, 0.15) is 0 Å². The standard InChI is InChI=1S/C12H11N5O2/c1-16-8-6-4-3-5-7(8)13-11(16)14-9-10(18)17(2)12(19)15-9/h3-6H,1-2H3,(H,13,14,15,19). The molecular weight excluding hydrogens is 246 g/mol. The lowest BCUT2D eigenvalue weighted by molar-refractivity contribution is -0.119. The van der Waals surface area contributed by atoms with Gasteiger partial charge in [-0.05, 0) is 12.1 Å². The smallest absolute Gasteiger partial charge is 0.311 e. The van der Waals surface area contributed by atoms with Crippen molar-refractivity contribution in [3.05, 3.63) is 24.3 Å². The Morgan fingerprint density at radius 2 is 1.95 bits per heavy atom. The van der Waals surface area contributed by atoms with Gasteiger partial charge in [0.15, 0.2) is 0 Å². The first-order chi connectivity index (χ1) is 9.08. The fourth-order valence-corrected chi connectivity index (χ4v) is 1.90. The quantitative estimate of drug-likeness (QED) is 0.767. The number of imidazole rings is 1. The number of nitrogens with one attached hydrogen (secondary N) is 1. The second kappa shape index (κ2) is 3.91. The molecule has 96 valence electrons. The SMILES string of the molecule is CN1C(=O)N/C(=N\c2nc3ccccc3n2C)C1=O. The average Bonchev–Trinajstić information content (AvgIpc) is 2.84. The minimum Gasteiger partial charge on any atom is -0.311 e. The van der Waals surface area contributed by atoms with Crippen molar-refractivity contribution < 1.29 is 9.59 Å². The summed E-state index contributed by atoms with van der Waals surface area (Å²) in [6.07, 6.45) is 0. The van der Waals surface area contributed by atoms with Gasteiger partial charge < -0.3 is 4.57 Å². The Morgan fingerprint density at radius 1 is 1.21 bits per heavy atom. The van der Waals surface area contributed by atoms with Crippen molar-refractivity contribution in [2.45, 2.75) is 0 Å². The van der Waals surface area contributed by atoms with E-state index in [1.54, 1.807) is 11.6 Å². The maximum Gasteiger partial charge on any atom is 0.329 e. The van der Waals surface area contributed by atoms with Crippen molar-refractivity contribution in [3.8, 4) is 0 Å². The monoisotopic (exact) mass is 257 g/mol. The number of carbonyl (C=O) groups excluding carboxylic acids is 2. The van der Waals surface area contributed by atoms with Crippen LogP contribution >= 0.6 is 0 Å². The Labute approximate surface area is 108 Å². The van der Waals surface area contributed by atoms with Crippen LogP contribution in [0.15, 0.2) is 29.3 Å². The molecule has 2 aromatic rings. The molecule has 1 aromatic carbocycles. The predicted octanol–water partition coefficient (Wildman–Crippen LogP) is 0.785. The lowest BCUT2D eigenvalue weighted by Crippen LogP contribution is -2.25. The molecule has 0 radical (unpaired) electrons. The van der Waals surface area contributed by atoms with Crippen LogP contribution in [0.2, 0.25) is 0 Å². The Bertz CT molecular complexity index is 731. The van der Waals surface area contributed by atoms with Gasteiger partial charge in [-0.25, -0.2) is 9.78 Å². The highest BCUT2D eigenvalue weighted by Crippen LogP contribution is 2.20. The number of fused-ring (bicyclic) bond motifs is 1. The van der Waals surface area contributed by atoms with Crippen LogP contribution < -0.4 is 5.32 Å². The van der Waals surface area contributed by atoms with E-state index in [2.05, 4.69) is 15.3 Å². The van der Waals surface area contributed by atoms with Crippen LogP contribution in [-0.2, 0) is 11.8 Å². The molecule has 1 aliphatic heterocycles. The van der Waals surface area contributed by atoms with Crippen molar-refractivity contribution in [1.29, 1.82) is 0 Å². The van der Waals surface area contributed by atoms with E-state index in [-0.39, 0.29) is 5.84 Å². The molecule has 3 rings (SSSR count). The summed E-state index contributed by atoms with van der Waals surface area (Å²) in [6.45, 7) is 0. The molecule has 1 aliphatic rings. The summed E-state index contributed by atoms with van der Waals surface area (Å²) >= 11 is 0. The van der Waals surface area contributed by atoms with Crippen LogP contribution in [0.3, 0.4) is 0 Å². The number of hydrogen-bond acceptors (Lipinski definition) is 4. The van der Waals surface area contributed by atoms with Crippen LogP contribution in [0.25, 0.3) is 11.0 Å². The second-order valence-corrected chi connectivity index (χ2v) is 4.21. The lowest BCUT2D eigenvalue weighted by Gasteiger charge is -1.99. The van der Waals surface area contributed by atoms with E-state index in [0.717, 1.165) is 15.9 Å². The summed E-state index contributed by atoms with van der Waals surface area (Å²) in [5.41, 5.74) is 1.70. The van der Waals surface area contributed by atoms with Crippen LogP contribution in [0.5, 0.6) is 0 Å². The van der Waals surface area contributed by atoms with Crippen molar-refractivity contribution in [3.63, 3.8) is 0 Å². The fourth-order valence-electron chi connectivity index (χ4n) is 1.90. The van der Waals surface area contributed by atoms with Gasteiger partial charge in [0.2, 0.25) is 11.8 Å². The average molecular weight is 257 g/mol. The maximum absolute atomic E-state index is 11.7. The number of carbonyl (C=O) groups is 2. The third-order valence-corrected chi connectivity index (χ3v) is 3.01. The van der Waals surface area contributed by atoms with Crippen molar-refractivity contribution in [1.82, 2.24) is 19.8 Å². The highest BCUT2D eigenvalue weighted by atomic mass is 16.2. The first-order valence-corrected chi connectivity index (χ1v) is 5.67. The third-order valence-electron chi connectivity index (χ3n) is 3.01. The summed E-state index contributed by atoms with van der Waals surface area (Å²) in [4.78, 5) is 32.5. The maximum atomic E-state index is 11.7. The number of benzene rings is 1. The van der Waals surface area contributed by atoms with Crippen LogP contribution in [-0.4, -0.2) is 39.3 Å². The topological polar surface area (TPSA) is 79.6 Å². The van der Waals surface area contributed by atoms with Gasteiger partial charge in [-0.2, -0.15) is 4.99 Å². The summed E-state index contributed by atoms with van der Waals surface area (Å²) in [5, 5.41) is 2.41. The highest BCUT2D eigenvalue weighted by Gasteiger charge is 2.32. The van der Waals surface area contributed by atoms with Gasteiger partial charge >= 0.3 is 6.03 Å². The fraction of sp³-hybridized carbons (Fsp3) is 0.167. The molecule has 0 atom stereocenters. The van der Waals surface area contributed by atoms with Gasteiger partial charge in [0.25, 0.3) is 5.91 Å². The Hall–Kier alpha value is -2.70. The first kappa shape index (κ1) is 11.4. The summed E-state index contributed by atoms with van der Waals surface area (Å²) < 4.78 is 1.76. The highest BCUT2D eigenvalue weighted by molar-refractivity contribution is 6.47. The second-order valence-electron chi connectivity index (χ2n) is 4.21. The van der Waals surface area contributed by atoms with E-state index < -0.39 is 11.9 Å². The van der Waals surface area contributed by atoms with Gasteiger partial charge in [0, 0.05) is 14.1 Å². The molecule has 1 saturated heterocycles. The van der Waals surface area contributed by atoms with Crippen molar-refractivity contribution in [2.24, 2.45) is 12.0 Å². The van der Waals surface area contributed by atoms with E-state index in [4.69, 9.17) is 0 Å². The third kappa shape index (κ3) is 1.67. The van der Waals surface area contributed by atoms with Gasteiger partial charge in [-0.1, -0.05) is 12.1 Å². The Morgan fingerprint density at radius 3 is 2.58 bits per heavy atom. The molecular formula is C12H11N5O2.